The zero-order chi connectivity index (χ0) is 5.98. The van der Waals surface area contributed by atoms with Gasteiger partial charge < -0.3 is 0 Å². The predicted molar refractivity (Wildman–Crippen MR) is 30.0 cm³/mol. The van der Waals surface area contributed by atoms with Crippen molar-refractivity contribution in [3.8, 4) is 6.07 Å². The van der Waals surface area contributed by atoms with Crippen LogP contribution in [0.3, 0.4) is 0 Å². The summed E-state index contributed by atoms with van der Waals surface area (Å²) in [5.41, 5.74) is 0.521. The third-order valence-corrected chi connectivity index (χ3v) is 0.921. The van der Waals surface area contributed by atoms with Crippen LogP contribution in [-0.4, -0.2) is 24.3 Å². The van der Waals surface area contributed by atoms with Gasteiger partial charge in [0.25, 0.3) is 0 Å². The lowest BCUT2D eigenvalue weighted by atomic mass is 10.4. The molecule has 0 fully saturated rings. The number of nitriles is 1. The van der Waals surface area contributed by atoms with Crippen LogP contribution >= 0.6 is 0 Å². The lowest BCUT2D eigenvalue weighted by Gasteiger charge is -1.99. The fourth-order valence-corrected chi connectivity index (χ4v) is 0.542. The molecule has 0 unspecified atom stereocenters. The maximum atomic E-state index is 8.25. The van der Waals surface area contributed by atoms with E-state index in [1.807, 2.05) is 18.0 Å². The smallest absolute Gasteiger partial charge is 0.133 e. The van der Waals surface area contributed by atoms with Crippen molar-refractivity contribution in [3.63, 3.8) is 0 Å². The van der Waals surface area contributed by atoms with Crippen LogP contribution in [0.15, 0.2) is 4.99 Å². The van der Waals surface area contributed by atoms with Gasteiger partial charge >= 0.3 is 0 Å². The Balaban J connectivity index is 2.53. The summed E-state index contributed by atoms with van der Waals surface area (Å²) in [6, 6.07) is 1.95. The van der Waals surface area contributed by atoms with E-state index in [0.29, 0.717) is 12.4 Å². The molecule has 0 amide bonds. The van der Waals surface area contributed by atoms with Gasteiger partial charge in [-0.05, 0) is 7.05 Å². The number of hydrogen-bond acceptors (Lipinski definition) is 3. The van der Waals surface area contributed by atoms with E-state index in [2.05, 4.69) is 4.99 Å². The molecular formula is C5H6N3. The summed E-state index contributed by atoms with van der Waals surface area (Å²) in [5, 5.41) is 8.25. The maximum absolute atomic E-state index is 8.25. The van der Waals surface area contributed by atoms with E-state index in [4.69, 9.17) is 5.26 Å². The van der Waals surface area contributed by atoms with Crippen LogP contribution in [-0.2, 0) is 0 Å². The van der Waals surface area contributed by atoms with Gasteiger partial charge in [-0.1, -0.05) is 0 Å². The third-order valence-electron chi connectivity index (χ3n) is 0.921. The first-order valence-electron chi connectivity index (χ1n) is 2.32. The highest BCUT2D eigenvalue weighted by atomic mass is 15.2. The summed E-state index contributed by atoms with van der Waals surface area (Å²) >= 11 is 0. The van der Waals surface area contributed by atoms with Gasteiger partial charge in [0.05, 0.1) is 13.2 Å². The first kappa shape index (κ1) is 5.26. The molecule has 3 nitrogen and oxygen atoms in total. The Labute approximate surface area is 48.2 Å². The summed E-state index contributed by atoms with van der Waals surface area (Å²) in [6.45, 7) is 2.35. The lowest BCUT2D eigenvalue weighted by Crippen LogP contribution is -2.10. The van der Waals surface area contributed by atoms with E-state index in [0.717, 1.165) is 0 Å². The van der Waals surface area contributed by atoms with Crippen molar-refractivity contribution in [2.45, 2.75) is 0 Å². The fraction of sp³-hybridized carbons (Fsp3) is 0.400. The van der Waals surface area contributed by atoms with Crippen molar-refractivity contribution < 1.29 is 0 Å². The molecule has 0 saturated carbocycles. The second kappa shape index (κ2) is 1.93. The number of hydrogen-bond donors (Lipinski definition) is 0. The lowest BCUT2D eigenvalue weighted by molar-refractivity contribution is 0.470. The minimum Gasteiger partial charge on any atom is -0.276 e. The summed E-state index contributed by atoms with van der Waals surface area (Å²) in [7, 11) is 1.88. The standard InChI is InChI=1S/C5H6N3/c1-8-3-5(2-6)7-4-8/h3H,4H2,1H3. The van der Waals surface area contributed by atoms with Crippen LogP contribution in [0.5, 0.6) is 0 Å². The van der Waals surface area contributed by atoms with Gasteiger partial charge in [-0.2, -0.15) is 5.26 Å². The van der Waals surface area contributed by atoms with Gasteiger partial charge in [-0.15, -0.1) is 0 Å². The quantitative estimate of drug-likeness (QED) is 0.438. The molecule has 3 heteroatoms. The summed E-state index contributed by atoms with van der Waals surface area (Å²) < 4.78 is 0. The Bertz CT molecular complexity index is 154. The molecule has 0 atom stereocenters. The van der Waals surface area contributed by atoms with Crippen LogP contribution in [0.2, 0.25) is 0 Å². The molecule has 0 bridgehead atoms. The highest BCUT2D eigenvalue weighted by molar-refractivity contribution is 6.05. The van der Waals surface area contributed by atoms with Gasteiger partial charge in [0.1, 0.15) is 11.8 Å². The van der Waals surface area contributed by atoms with Crippen LogP contribution in [0, 0.1) is 17.9 Å². The van der Waals surface area contributed by atoms with E-state index in [1.165, 1.54) is 0 Å². The Morgan fingerprint density at radius 1 is 2.00 bits per heavy atom. The minimum atomic E-state index is 0.521. The number of nitrogens with zero attached hydrogens (tertiary/aromatic N) is 3. The second-order valence-electron chi connectivity index (χ2n) is 1.68. The molecular weight excluding hydrogens is 102 g/mol. The predicted octanol–water partition coefficient (Wildman–Crippen LogP) is 0.0157. The van der Waals surface area contributed by atoms with Crippen molar-refractivity contribution in [1.82, 2.24) is 4.90 Å². The van der Waals surface area contributed by atoms with Gasteiger partial charge in [-0.25, -0.2) is 0 Å². The Morgan fingerprint density at radius 2 is 2.75 bits per heavy atom. The number of rotatable bonds is 0. The SMILES string of the molecule is CN1[CH]C(C#N)=NC1. The average molecular weight is 108 g/mol. The largest absolute Gasteiger partial charge is 0.276 e. The average Bonchev–Trinajstić information content (AvgIpc) is 2.14. The van der Waals surface area contributed by atoms with Crippen LogP contribution in [0.4, 0.5) is 0 Å². The Kier molecular flexibility index (Phi) is 1.27. The molecule has 1 radical (unpaired) electrons. The monoisotopic (exact) mass is 108 g/mol. The van der Waals surface area contributed by atoms with Crippen LogP contribution in [0.1, 0.15) is 0 Å². The zero-order valence-electron chi connectivity index (χ0n) is 4.63. The van der Waals surface area contributed by atoms with E-state index in [-0.39, 0.29) is 0 Å². The fourth-order valence-electron chi connectivity index (χ4n) is 0.542. The highest BCUT2D eigenvalue weighted by Crippen LogP contribution is 1.99. The van der Waals surface area contributed by atoms with E-state index < -0.39 is 0 Å². The molecule has 0 aliphatic carbocycles. The van der Waals surface area contributed by atoms with Gasteiger partial charge in [0, 0.05) is 0 Å². The van der Waals surface area contributed by atoms with Crippen molar-refractivity contribution in [2.75, 3.05) is 13.7 Å². The van der Waals surface area contributed by atoms with E-state index >= 15 is 0 Å². The summed E-state index contributed by atoms with van der Waals surface area (Å²) in [6.07, 6.45) is 0. The molecule has 0 aromatic heterocycles. The zero-order valence-corrected chi connectivity index (χ0v) is 4.63. The van der Waals surface area contributed by atoms with Crippen molar-refractivity contribution in [3.05, 3.63) is 6.54 Å². The highest BCUT2D eigenvalue weighted by Gasteiger charge is 2.09. The van der Waals surface area contributed by atoms with Gasteiger partial charge in [0.15, 0.2) is 0 Å². The molecule has 0 saturated heterocycles. The Morgan fingerprint density at radius 3 is 3.00 bits per heavy atom. The van der Waals surface area contributed by atoms with Crippen LogP contribution in [0.25, 0.3) is 0 Å². The molecule has 1 aliphatic heterocycles. The molecule has 41 valence electrons. The first-order valence-corrected chi connectivity index (χ1v) is 2.32. The first-order chi connectivity index (χ1) is 3.83. The van der Waals surface area contributed by atoms with Crippen molar-refractivity contribution >= 4 is 5.71 Å². The molecule has 0 spiro atoms. The van der Waals surface area contributed by atoms with E-state index in [1.54, 1.807) is 6.54 Å². The normalized spacial score (nSPS) is 20.2. The molecule has 1 heterocycles. The second-order valence-corrected chi connectivity index (χ2v) is 1.68. The number of aliphatic imine (C=N–C) groups is 1. The molecule has 0 aromatic rings. The Hall–Kier alpha value is -0.880. The molecule has 8 heavy (non-hydrogen) atoms. The molecule has 1 rings (SSSR count). The van der Waals surface area contributed by atoms with Crippen LogP contribution < -0.4 is 0 Å². The minimum absolute atomic E-state index is 0.521. The van der Waals surface area contributed by atoms with Crippen molar-refractivity contribution in [1.29, 1.82) is 5.26 Å². The van der Waals surface area contributed by atoms with E-state index in [9.17, 15) is 0 Å². The summed E-state index contributed by atoms with van der Waals surface area (Å²) in [5.74, 6) is 0. The maximum Gasteiger partial charge on any atom is 0.133 e. The molecule has 1 aliphatic rings. The van der Waals surface area contributed by atoms with Crippen molar-refractivity contribution in [2.24, 2.45) is 4.99 Å². The summed E-state index contributed by atoms with van der Waals surface area (Å²) in [4.78, 5) is 5.72. The van der Waals surface area contributed by atoms with Gasteiger partial charge in [-0.3, -0.25) is 9.89 Å². The topological polar surface area (TPSA) is 39.4 Å². The molecule has 0 aromatic carbocycles. The van der Waals surface area contributed by atoms with Gasteiger partial charge in [0.2, 0.25) is 0 Å². The third kappa shape index (κ3) is 0.849. The molecule has 0 N–H and O–H groups in total.